The van der Waals surface area contributed by atoms with Crippen LogP contribution in [0.15, 0.2) is 33.2 Å². The van der Waals surface area contributed by atoms with E-state index in [4.69, 9.17) is 5.11 Å². The number of para-hydroxylation sites is 1. The molecule has 0 amide bonds. The molecule has 32 heavy (non-hydrogen) atoms. The highest BCUT2D eigenvalue weighted by Gasteiger charge is 2.25. The minimum atomic E-state index is -0.823. The van der Waals surface area contributed by atoms with Crippen molar-refractivity contribution in [1.29, 1.82) is 0 Å². The minimum Gasteiger partial charge on any atom is -0.505 e. The Morgan fingerprint density at radius 1 is 1.12 bits per heavy atom. The lowest BCUT2D eigenvalue weighted by atomic mass is 9.88. The third-order valence-corrected chi connectivity index (χ3v) is 6.69. The predicted molar refractivity (Wildman–Crippen MR) is 120 cm³/mol. The third-order valence-electron chi connectivity index (χ3n) is 6.69. The van der Waals surface area contributed by atoms with Gasteiger partial charge < -0.3 is 10.2 Å². The number of nitrogens with zero attached hydrogens (tertiary/aromatic N) is 4. The van der Waals surface area contributed by atoms with E-state index < -0.39 is 5.97 Å². The van der Waals surface area contributed by atoms with E-state index in [0.29, 0.717) is 24.5 Å². The summed E-state index contributed by atoms with van der Waals surface area (Å²) < 4.78 is 1.68. The summed E-state index contributed by atoms with van der Waals surface area (Å²) in [6.45, 7) is 3.20. The maximum Gasteiger partial charge on any atom is 0.317 e. The van der Waals surface area contributed by atoms with Crippen LogP contribution in [0.3, 0.4) is 0 Å². The van der Waals surface area contributed by atoms with Crippen molar-refractivity contribution in [3.63, 3.8) is 0 Å². The number of carbonyl (C=O) groups is 1. The molecule has 0 unspecified atom stereocenters. The molecule has 1 saturated carbocycles. The van der Waals surface area contributed by atoms with Crippen LogP contribution in [0.2, 0.25) is 0 Å². The minimum absolute atomic E-state index is 0.0430. The topological polar surface area (TPSA) is 123 Å². The summed E-state index contributed by atoms with van der Waals surface area (Å²) in [4.78, 5) is 25.7. The summed E-state index contributed by atoms with van der Waals surface area (Å²) in [5.74, 6) is -0.613. The normalized spacial score (nSPS) is 19.0. The fraction of sp³-hybridized carbons (Fsp3) is 0.565. The van der Waals surface area contributed by atoms with E-state index in [1.165, 1.54) is 6.42 Å². The van der Waals surface area contributed by atoms with Crippen molar-refractivity contribution in [3.8, 4) is 5.75 Å². The molecular weight excluding hydrogens is 410 g/mol. The second-order valence-electron chi connectivity index (χ2n) is 8.91. The number of carboxylic acid groups (broad SMARTS) is 1. The Balaban J connectivity index is 1.51. The van der Waals surface area contributed by atoms with Gasteiger partial charge in [0.05, 0.1) is 18.3 Å². The average Bonchev–Trinajstić information content (AvgIpc) is 3.07. The number of benzene rings is 1. The number of carboxylic acids is 1. The number of hydrogen-bond donors (Lipinski definition) is 3. The van der Waals surface area contributed by atoms with Crippen molar-refractivity contribution in [1.82, 2.24) is 14.7 Å². The number of aliphatic carboxylic acids is 1. The monoisotopic (exact) mass is 441 g/mol. The number of nitrogens with one attached hydrogen (secondary N) is 1. The number of aromatic hydroxyl groups is 1. The highest BCUT2D eigenvalue weighted by Crippen LogP contribution is 2.39. The summed E-state index contributed by atoms with van der Waals surface area (Å²) in [6, 6.07) is 5.58. The first-order valence-electron chi connectivity index (χ1n) is 11.4. The predicted octanol–water partition coefficient (Wildman–Crippen LogP) is 4.38. The van der Waals surface area contributed by atoms with E-state index in [-0.39, 0.29) is 35.5 Å². The smallest absolute Gasteiger partial charge is 0.317 e. The van der Waals surface area contributed by atoms with Gasteiger partial charge in [-0.25, -0.2) is 4.68 Å². The Bertz CT molecular complexity index is 1040. The van der Waals surface area contributed by atoms with E-state index in [1.54, 1.807) is 10.7 Å². The molecule has 2 heterocycles. The molecule has 1 aliphatic heterocycles. The van der Waals surface area contributed by atoms with Crippen LogP contribution in [-0.2, 0) is 4.79 Å². The van der Waals surface area contributed by atoms with Gasteiger partial charge in [-0.2, -0.15) is 0 Å². The molecule has 0 spiro atoms. The maximum absolute atomic E-state index is 12.9. The lowest BCUT2D eigenvalue weighted by Gasteiger charge is -2.31. The van der Waals surface area contributed by atoms with Gasteiger partial charge in [0.25, 0.3) is 5.56 Å². The van der Waals surface area contributed by atoms with E-state index in [9.17, 15) is 14.7 Å². The van der Waals surface area contributed by atoms with Crippen LogP contribution in [0, 0.1) is 6.92 Å². The van der Waals surface area contributed by atoms with Gasteiger partial charge in [0.15, 0.2) is 5.69 Å². The molecule has 1 saturated heterocycles. The number of azo groups is 1. The van der Waals surface area contributed by atoms with Crippen molar-refractivity contribution in [2.24, 2.45) is 10.2 Å². The summed E-state index contributed by atoms with van der Waals surface area (Å²) >= 11 is 0. The van der Waals surface area contributed by atoms with Gasteiger partial charge in [0, 0.05) is 0 Å². The Morgan fingerprint density at radius 3 is 2.53 bits per heavy atom. The van der Waals surface area contributed by atoms with Gasteiger partial charge in [0.1, 0.15) is 11.4 Å². The maximum atomic E-state index is 12.9. The highest BCUT2D eigenvalue weighted by atomic mass is 16.4. The van der Waals surface area contributed by atoms with Crippen LogP contribution in [0.1, 0.15) is 68.2 Å². The first kappa shape index (κ1) is 22.3. The molecule has 4 rings (SSSR count). The number of rotatable bonds is 6. The zero-order valence-corrected chi connectivity index (χ0v) is 18.5. The number of phenolic OH excluding ortho intramolecular Hbond substituents is 1. The lowest BCUT2D eigenvalue weighted by Crippen LogP contribution is -2.36. The van der Waals surface area contributed by atoms with Crippen LogP contribution >= 0.6 is 0 Å². The number of likely N-dealkylation sites (tertiary alicyclic amines) is 1. The zero-order valence-electron chi connectivity index (χ0n) is 18.5. The van der Waals surface area contributed by atoms with Crippen LogP contribution in [0.25, 0.3) is 0 Å². The van der Waals surface area contributed by atoms with E-state index in [2.05, 4.69) is 15.3 Å². The zero-order chi connectivity index (χ0) is 22.7. The number of aryl methyl sites for hydroxylation is 1. The molecule has 2 aromatic rings. The Hall–Kier alpha value is -2.94. The molecule has 172 valence electrons. The Kier molecular flexibility index (Phi) is 6.74. The van der Waals surface area contributed by atoms with Crippen molar-refractivity contribution in [3.05, 3.63) is 39.8 Å². The summed E-state index contributed by atoms with van der Waals surface area (Å²) in [6.07, 6.45) is 6.99. The number of aromatic amines is 1. The average molecular weight is 442 g/mol. The SMILES string of the molecule is Cc1[nH]n(C2CCCCC2)c(=O)c1N=Nc1cccc(C2CCN(CC(=O)O)CC2)c1O. The van der Waals surface area contributed by atoms with Crippen molar-refractivity contribution < 1.29 is 15.0 Å². The van der Waals surface area contributed by atoms with Gasteiger partial charge >= 0.3 is 5.97 Å². The van der Waals surface area contributed by atoms with E-state index in [1.807, 2.05) is 24.0 Å². The van der Waals surface area contributed by atoms with Crippen molar-refractivity contribution in [2.45, 2.75) is 63.8 Å². The number of H-pyrrole nitrogens is 1. The van der Waals surface area contributed by atoms with Crippen LogP contribution in [0.4, 0.5) is 11.4 Å². The molecular formula is C23H31N5O4. The first-order valence-corrected chi connectivity index (χ1v) is 11.4. The molecule has 0 radical (unpaired) electrons. The van der Waals surface area contributed by atoms with E-state index >= 15 is 0 Å². The molecule has 9 nitrogen and oxygen atoms in total. The van der Waals surface area contributed by atoms with Crippen molar-refractivity contribution >= 4 is 17.3 Å². The quantitative estimate of drug-likeness (QED) is 0.574. The first-order chi connectivity index (χ1) is 15.4. The summed E-state index contributed by atoms with van der Waals surface area (Å²) in [7, 11) is 0. The van der Waals surface area contributed by atoms with Gasteiger partial charge in [0.2, 0.25) is 0 Å². The fourth-order valence-electron chi connectivity index (χ4n) is 4.93. The standard InChI is InChI=1S/C23H31N5O4/c1-15-21(23(32)28(26-15)17-6-3-2-4-7-17)25-24-19-9-5-8-18(22(19)31)16-10-12-27(13-11-16)14-20(29)30/h5,8-9,16-17,26,31H,2-4,6-7,10-14H2,1H3,(H,29,30). The molecule has 0 atom stereocenters. The van der Waals surface area contributed by atoms with E-state index in [0.717, 1.165) is 44.1 Å². The second kappa shape index (κ2) is 9.68. The van der Waals surface area contributed by atoms with Gasteiger partial charge in [-0.15, -0.1) is 10.2 Å². The van der Waals surface area contributed by atoms with Crippen LogP contribution < -0.4 is 5.56 Å². The van der Waals surface area contributed by atoms with Crippen LogP contribution in [-0.4, -0.2) is 50.5 Å². The molecule has 2 aliphatic rings. The summed E-state index contributed by atoms with van der Waals surface area (Å²) in [5.41, 5.74) is 1.91. The fourth-order valence-corrected chi connectivity index (χ4v) is 4.93. The molecule has 9 heteroatoms. The number of phenols is 1. The summed E-state index contributed by atoms with van der Waals surface area (Å²) in [5, 5.41) is 31.4. The lowest BCUT2D eigenvalue weighted by molar-refractivity contribution is -0.138. The molecule has 1 aromatic carbocycles. The van der Waals surface area contributed by atoms with Gasteiger partial charge in [-0.3, -0.25) is 19.6 Å². The Labute approximate surface area is 186 Å². The number of hydrogen-bond acceptors (Lipinski definition) is 6. The molecule has 3 N–H and O–H groups in total. The molecule has 1 aliphatic carbocycles. The van der Waals surface area contributed by atoms with Crippen molar-refractivity contribution in [2.75, 3.05) is 19.6 Å². The Morgan fingerprint density at radius 2 is 1.84 bits per heavy atom. The van der Waals surface area contributed by atoms with Gasteiger partial charge in [-0.05, 0) is 63.2 Å². The third kappa shape index (κ3) is 4.77. The largest absolute Gasteiger partial charge is 0.505 e. The number of piperidine rings is 1. The highest BCUT2D eigenvalue weighted by molar-refractivity contribution is 5.69. The second-order valence-corrected chi connectivity index (χ2v) is 8.91. The van der Waals surface area contributed by atoms with Gasteiger partial charge in [-0.1, -0.05) is 31.4 Å². The van der Waals surface area contributed by atoms with Crippen LogP contribution in [0.5, 0.6) is 5.75 Å². The molecule has 0 bridgehead atoms. The molecule has 2 fully saturated rings. The molecule has 1 aromatic heterocycles. The number of aromatic nitrogens is 2.